The smallest absolute Gasteiger partial charge is 0.271 e. The van der Waals surface area contributed by atoms with E-state index in [2.05, 4.69) is 21.2 Å². The fraction of sp³-hybridized carbons (Fsp3) is 0.625. The maximum atomic E-state index is 11.0. The van der Waals surface area contributed by atoms with Crippen LogP contribution in [0.2, 0.25) is 0 Å². The summed E-state index contributed by atoms with van der Waals surface area (Å²) in [6.07, 6.45) is 6.82. The minimum Gasteiger partial charge on any atom is -0.381 e. The molecule has 4 nitrogen and oxygen atoms in total. The molecule has 4 saturated carbocycles. The lowest BCUT2D eigenvalue weighted by molar-refractivity contribution is -0.384. The second kappa shape index (κ2) is 4.97. The van der Waals surface area contributed by atoms with E-state index >= 15 is 0 Å². The summed E-state index contributed by atoms with van der Waals surface area (Å²) in [5.74, 6) is 3.40. The molecule has 0 amide bonds. The van der Waals surface area contributed by atoms with Gasteiger partial charge in [-0.25, -0.2) is 0 Å². The fourth-order valence-corrected chi connectivity index (χ4v) is 5.44. The van der Waals surface area contributed by atoms with E-state index in [9.17, 15) is 10.1 Å². The third-order valence-electron chi connectivity index (χ3n) is 5.71. The van der Waals surface area contributed by atoms with Crippen LogP contribution in [0.5, 0.6) is 0 Å². The first-order chi connectivity index (χ1) is 10.1. The van der Waals surface area contributed by atoms with E-state index in [4.69, 9.17) is 0 Å². The van der Waals surface area contributed by atoms with Crippen molar-refractivity contribution in [1.82, 2.24) is 0 Å². The van der Waals surface area contributed by atoms with Gasteiger partial charge in [-0.15, -0.1) is 0 Å². The first-order valence-corrected chi connectivity index (χ1v) is 8.60. The van der Waals surface area contributed by atoms with Crippen LogP contribution < -0.4 is 5.32 Å². The molecule has 1 aromatic carbocycles. The summed E-state index contributed by atoms with van der Waals surface area (Å²) >= 11 is 3.52. The highest BCUT2D eigenvalue weighted by molar-refractivity contribution is 9.10. The molecule has 4 fully saturated rings. The Kier molecular flexibility index (Phi) is 3.21. The van der Waals surface area contributed by atoms with Crippen molar-refractivity contribution < 1.29 is 4.92 Å². The van der Waals surface area contributed by atoms with E-state index in [1.54, 1.807) is 18.2 Å². The highest BCUT2D eigenvalue weighted by Crippen LogP contribution is 2.54. The monoisotopic (exact) mass is 350 g/mol. The molecule has 0 aromatic heterocycles. The second-order valence-corrected chi connectivity index (χ2v) is 7.88. The van der Waals surface area contributed by atoms with Gasteiger partial charge in [0.15, 0.2) is 0 Å². The molecule has 0 atom stereocenters. The average molecular weight is 351 g/mol. The average Bonchev–Trinajstić information content (AvgIpc) is 2.43. The third-order valence-corrected chi connectivity index (χ3v) is 6.40. The van der Waals surface area contributed by atoms with E-state index in [1.165, 1.54) is 32.1 Å². The van der Waals surface area contributed by atoms with E-state index < -0.39 is 0 Å². The largest absolute Gasteiger partial charge is 0.381 e. The Hall–Kier alpha value is -1.10. The summed E-state index contributed by atoms with van der Waals surface area (Å²) in [5, 5.41) is 14.6. The molecular weight excluding hydrogens is 332 g/mol. The minimum atomic E-state index is -0.325. The van der Waals surface area contributed by atoms with Gasteiger partial charge >= 0.3 is 0 Å². The normalized spacial score (nSPS) is 36.7. The van der Waals surface area contributed by atoms with Crippen LogP contribution in [-0.4, -0.2) is 11.0 Å². The van der Waals surface area contributed by atoms with Crippen molar-refractivity contribution in [2.24, 2.45) is 23.7 Å². The molecule has 1 aromatic rings. The van der Waals surface area contributed by atoms with E-state index in [0.717, 1.165) is 33.8 Å². The van der Waals surface area contributed by atoms with Crippen molar-refractivity contribution in [3.63, 3.8) is 0 Å². The molecule has 0 unspecified atom stereocenters. The van der Waals surface area contributed by atoms with E-state index in [0.29, 0.717) is 6.04 Å². The summed E-state index contributed by atoms with van der Waals surface area (Å²) in [6.45, 7) is 0. The third kappa shape index (κ3) is 2.35. The molecule has 4 aliphatic rings. The second-order valence-electron chi connectivity index (χ2n) is 7.02. The number of hydrogen-bond donors (Lipinski definition) is 1. The number of hydrogen-bond acceptors (Lipinski definition) is 3. The van der Waals surface area contributed by atoms with Crippen molar-refractivity contribution in [3.8, 4) is 0 Å². The van der Waals surface area contributed by atoms with Gasteiger partial charge in [-0.3, -0.25) is 10.1 Å². The topological polar surface area (TPSA) is 55.2 Å². The Labute approximate surface area is 132 Å². The van der Waals surface area contributed by atoms with E-state index in [1.807, 2.05) is 0 Å². The highest BCUT2D eigenvalue weighted by Gasteiger charge is 2.48. The zero-order valence-electron chi connectivity index (χ0n) is 11.8. The molecule has 5 rings (SSSR count). The number of nitro benzene ring substituents is 1. The molecule has 0 radical (unpaired) electrons. The van der Waals surface area contributed by atoms with Gasteiger partial charge < -0.3 is 5.32 Å². The van der Waals surface area contributed by atoms with Gasteiger partial charge in [-0.2, -0.15) is 0 Å². The van der Waals surface area contributed by atoms with Crippen LogP contribution in [0.4, 0.5) is 11.4 Å². The maximum absolute atomic E-state index is 11.0. The van der Waals surface area contributed by atoms with Gasteiger partial charge in [0.25, 0.3) is 5.69 Å². The quantitative estimate of drug-likeness (QED) is 0.640. The predicted molar refractivity (Wildman–Crippen MR) is 85.3 cm³/mol. The standard InChI is InChI=1S/C16H19BrN2O2/c17-14-2-1-13(19(20)21)8-15(14)18-16-11-4-9-3-10(6-11)7-12(16)5-9/h1-2,8-12,16,18H,3-7H2. The van der Waals surface area contributed by atoms with Crippen molar-refractivity contribution in [3.05, 3.63) is 32.8 Å². The van der Waals surface area contributed by atoms with Crippen LogP contribution in [0, 0.1) is 33.8 Å². The molecule has 5 heteroatoms. The number of anilines is 1. The van der Waals surface area contributed by atoms with E-state index in [-0.39, 0.29) is 10.6 Å². The predicted octanol–water partition coefficient (Wildman–Crippen LogP) is 4.59. The first kappa shape index (κ1) is 13.6. The Balaban J connectivity index is 1.59. The van der Waals surface area contributed by atoms with Crippen molar-refractivity contribution in [2.75, 3.05) is 5.32 Å². The number of non-ortho nitro benzene ring substituents is 1. The number of nitrogens with one attached hydrogen (secondary N) is 1. The summed E-state index contributed by atoms with van der Waals surface area (Å²) in [5.41, 5.74) is 1.03. The van der Waals surface area contributed by atoms with Crippen molar-refractivity contribution >= 4 is 27.3 Å². The summed E-state index contributed by atoms with van der Waals surface area (Å²) in [7, 11) is 0. The van der Waals surface area contributed by atoms with Crippen molar-refractivity contribution in [2.45, 2.75) is 38.1 Å². The van der Waals surface area contributed by atoms with Crippen LogP contribution in [0.1, 0.15) is 32.1 Å². The van der Waals surface area contributed by atoms with Crippen LogP contribution >= 0.6 is 15.9 Å². The van der Waals surface area contributed by atoms with Gasteiger partial charge in [-0.05, 0) is 77.8 Å². The van der Waals surface area contributed by atoms with Crippen LogP contribution in [0.25, 0.3) is 0 Å². The number of halogens is 1. The zero-order valence-corrected chi connectivity index (χ0v) is 13.4. The lowest BCUT2D eigenvalue weighted by Crippen LogP contribution is -2.51. The lowest BCUT2D eigenvalue weighted by Gasteiger charge is -2.54. The Morgan fingerprint density at radius 1 is 1.10 bits per heavy atom. The summed E-state index contributed by atoms with van der Waals surface area (Å²) in [4.78, 5) is 10.6. The van der Waals surface area contributed by atoms with Crippen molar-refractivity contribution in [1.29, 1.82) is 0 Å². The molecule has 0 heterocycles. The molecule has 0 saturated heterocycles. The molecule has 0 spiro atoms. The maximum Gasteiger partial charge on any atom is 0.271 e. The van der Waals surface area contributed by atoms with Gasteiger partial charge in [0.2, 0.25) is 0 Å². The Morgan fingerprint density at radius 3 is 2.29 bits per heavy atom. The number of rotatable bonds is 3. The first-order valence-electron chi connectivity index (χ1n) is 7.80. The molecule has 112 valence electrons. The Morgan fingerprint density at radius 2 is 1.71 bits per heavy atom. The van der Waals surface area contributed by atoms with Crippen LogP contribution in [-0.2, 0) is 0 Å². The van der Waals surface area contributed by atoms with Gasteiger partial charge in [0.05, 0.1) is 10.6 Å². The Bertz CT molecular complexity index is 562. The SMILES string of the molecule is O=[N+]([O-])c1ccc(Br)c(NC2C3CC4CC(C3)CC2C4)c1. The highest BCUT2D eigenvalue weighted by atomic mass is 79.9. The lowest BCUT2D eigenvalue weighted by atomic mass is 9.54. The van der Waals surface area contributed by atoms with Crippen LogP contribution in [0.15, 0.2) is 22.7 Å². The molecule has 4 aliphatic carbocycles. The minimum absolute atomic E-state index is 0.157. The van der Waals surface area contributed by atoms with Gasteiger partial charge in [-0.1, -0.05) is 0 Å². The molecule has 0 aliphatic heterocycles. The molecular formula is C16H19BrN2O2. The number of benzene rings is 1. The number of nitrogens with zero attached hydrogens (tertiary/aromatic N) is 1. The number of nitro groups is 1. The molecule has 4 bridgehead atoms. The molecule has 21 heavy (non-hydrogen) atoms. The van der Waals surface area contributed by atoms with Gasteiger partial charge in [0.1, 0.15) is 0 Å². The molecule has 1 N–H and O–H groups in total. The van der Waals surface area contributed by atoms with Gasteiger partial charge in [0, 0.05) is 22.6 Å². The summed E-state index contributed by atoms with van der Waals surface area (Å²) in [6, 6.07) is 5.48. The van der Waals surface area contributed by atoms with Crippen LogP contribution in [0.3, 0.4) is 0 Å². The fourth-order valence-electron chi connectivity index (χ4n) is 5.08. The zero-order chi connectivity index (χ0) is 14.6. The summed E-state index contributed by atoms with van der Waals surface area (Å²) < 4.78 is 0.918.